The Bertz CT molecular complexity index is 2670. The minimum absolute atomic E-state index is 0.00708. The van der Waals surface area contributed by atoms with E-state index in [-0.39, 0.29) is 12.0 Å². The molecule has 0 aliphatic heterocycles. The molecular formula is C51H37NO. The predicted molar refractivity (Wildman–Crippen MR) is 219 cm³/mol. The van der Waals surface area contributed by atoms with Gasteiger partial charge in [-0.05, 0) is 69.2 Å². The van der Waals surface area contributed by atoms with Gasteiger partial charge in [0, 0.05) is 28.3 Å². The number of anilines is 1. The first-order chi connectivity index (χ1) is 26.3. The highest BCUT2D eigenvalue weighted by Gasteiger charge is 2.49. The van der Waals surface area contributed by atoms with E-state index < -0.39 is 5.41 Å². The van der Waals surface area contributed by atoms with Crippen LogP contribution < -0.4 is 4.90 Å². The lowest BCUT2D eigenvalue weighted by molar-refractivity contribution is 0.590. The molecule has 11 rings (SSSR count). The van der Waals surface area contributed by atoms with Crippen LogP contribution in [0.15, 0.2) is 221 Å². The van der Waals surface area contributed by atoms with Gasteiger partial charge in [0.1, 0.15) is 5.58 Å². The van der Waals surface area contributed by atoms with Crippen molar-refractivity contribution < 1.29 is 4.42 Å². The second-order valence-corrected chi connectivity index (χ2v) is 14.7. The minimum Gasteiger partial charge on any atom is -0.454 e. The van der Waals surface area contributed by atoms with Crippen molar-refractivity contribution in [1.29, 1.82) is 0 Å². The molecule has 2 nitrogen and oxygen atoms in total. The molecule has 2 heteroatoms. The number of para-hydroxylation sites is 2. The molecule has 0 radical (unpaired) electrons. The first kappa shape index (κ1) is 30.3. The van der Waals surface area contributed by atoms with Crippen LogP contribution in [0.4, 0.5) is 5.69 Å². The SMILES string of the molecule is C1=CC2=CC(N(c3cccc4c3oc3ccccc34)C3C=CC4=C(C3)C(c3ccccc3)(c3ccccc3)c3ccccc34)=C3C=CC=CC3C2C=C1. The number of allylic oxidation sites excluding steroid dienone is 13. The standard InChI is InChI=1S/C51H37NO/c1-3-17-35(18-4-1)51(36-19-5-2-6-20-36)45-27-13-11-23-40(45)41-31-30-37(33-46(41)51)52(47-28-15-26-44-43-25-12-14-29-49(43)53-50(44)47)48-32-34-16-7-8-21-38(34)39-22-9-10-24-42(39)48/h1-32,37-39H,33H2. The smallest absolute Gasteiger partial charge is 0.159 e. The van der Waals surface area contributed by atoms with Gasteiger partial charge in [0.25, 0.3) is 0 Å². The molecule has 3 unspecified atom stereocenters. The van der Waals surface area contributed by atoms with Gasteiger partial charge in [-0.3, -0.25) is 0 Å². The molecule has 53 heavy (non-hydrogen) atoms. The normalized spacial score (nSPS) is 21.8. The summed E-state index contributed by atoms with van der Waals surface area (Å²) in [5.41, 5.74) is 14.5. The van der Waals surface area contributed by atoms with Gasteiger partial charge < -0.3 is 9.32 Å². The third-order valence-corrected chi connectivity index (χ3v) is 12.1. The fourth-order valence-electron chi connectivity index (χ4n) is 9.92. The molecular weight excluding hydrogens is 643 g/mol. The van der Waals surface area contributed by atoms with Crippen LogP contribution in [0.25, 0.3) is 27.5 Å². The number of fused-ring (bicyclic) bond motifs is 8. The first-order valence-electron chi connectivity index (χ1n) is 18.8. The largest absolute Gasteiger partial charge is 0.454 e. The van der Waals surface area contributed by atoms with Crippen molar-refractivity contribution in [3.63, 3.8) is 0 Å². The topological polar surface area (TPSA) is 16.4 Å². The maximum absolute atomic E-state index is 6.83. The number of furan rings is 1. The Balaban J connectivity index is 1.17. The summed E-state index contributed by atoms with van der Waals surface area (Å²) in [6, 6.07) is 46.5. The summed E-state index contributed by atoms with van der Waals surface area (Å²) in [4.78, 5) is 2.61. The van der Waals surface area contributed by atoms with E-state index in [1.165, 1.54) is 50.2 Å². The number of rotatable bonds is 5. The van der Waals surface area contributed by atoms with Gasteiger partial charge in [-0.15, -0.1) is 0 Å². The average molecular weight is 680 g/mol. The van der Waals surface area contributed by atoms with E-state index in [1.54, 1.807) is 0 Å². The third-order valence-electron chi connectivity index (χ3n) is 12.1. The van der Waals surface area contributed by atoms with Crippen LogP contribution in [0.2, 0.25) is 0 Å². The van der Waals surface area contributed by atoms with Gasteiger partial charge in [0.15, 0.2) is 5.58 Å². The van der Waals surface area contributed by atoms with E-state index in [9.17, 15) is 0 Å². The molecule has 6 aromatic rings. The van der Waals surface area contributed by atoms with Crippen molar-refractivity contribution >= 4 is 33.2 Å². The summed E-state index contributed by atoms with van der Waals surface area (Å²) in [6.07, 6.45) is 26.3. The molecule has 0 N–H and O–H groups in total. The summed E-state index contributed by atoms with van der Waals surface area (Å²) in [5.74, 6) is 0.563. The number of nitrogens with zero attached hydrogens (tertiary/aromatic N) is 1. The zero-order valence-electron chi connectivity index (χ0n) is 29.3. The predicted octanol–water partition coefficient (Wildman–Crippen LogP) is 12.2. The Morgan fingerprint density at radius 2 is 1.28 bits per heavy atom. The zero-order valence-corrected chi connectivity index (χ0v) is 29.3. The quantitative estimate of drug-likeness (QED) is 0.180. The van der Waals surface area contributed by atoms with E-state index >= 15 is 0 Å². The second kappa shape index (κ2) is 11.8. The van der Waals surface area contributed by atoms with Gasteiger partial charge in [-0.25, -0.2) is 0 Å². The number of hydrogen-bond acceptors (Lipinski definition) is 2. The maximum atomic E-state index is 6.83. The second-order valence-electron chi connectivity index (χ2n) is 14.7. The Hall–Kier alpha value is -6.38. The zero-order chi connectivity index (χ0) is 34.9. The Morgan fingerprint density at radius 3 is 2.11 bits per heavy atom. The Morgan fingerprint density at radius 1 is 0.585 bits per heavy atom. The van der Waals surface area contributed by atoms with Crippen molar-refractivity contribution in [3.05, 3.63) is 239 Å². The molecule has 252 valence electrons. The van der Waals surface area contributed by atoms with E-state index in [0.29, 0.717) is 5.92 Å². The summed E-state index contributed by atoms with van der Waals surface area (Å²) in [6.45, 7) is 0. The summed E-state index contributed by atoms with van der Waals surface area (Å²) >= 11 is 0. The van der Waals surface area contributed by atoms with Crippen LogP contribution in [0.5, 0.6) is 0 Å². The molecule has 0 amide bonds. The highest BCUT2D eigenvalue weighted by Crippen LogP contribution is 2.58. The molecule has 3 atom stereocenters. The summed E-state index contributed by atoms with van der Waals surface area (Å²) < 4.78 is 6.83. The molecule has 0 bridgehead atoms. The van der Waals surface area contributed by atoms with Gasteiger partial charge in [0.2, 0.25) is 0 Å². The summed E-state index contributed by atoms with van der Waals surface area (Å²) in [7, 11) is 0. The van der Waals surface area contributed by atoms with Crippen molar-refractivity contribution in [3.8, 4) is 0 Å². The van der Waals surface area contributed by atoms with Crippen molar-refractivity contribution in [2.45, 2.75) is 17.9 Å². The summed E-state index contributed by atoms with van der Waals surface area (Å²) in [5, 5.41) is 2.28. The van der Waals surface area contributed by atoms with Crippen molar-refractivity contribution in [2.24, 2.45) is 11.8 Å². The highest BCUT2D eigenvalue weighted by molar-refractivity contribution is 6.09. The lowest BCUT2D eigenvalue weighted by Crippen LogP contribution is -2.40. The molecule has 5 aliphatic carbocycles. The minimum atomic E-state index is -0.435. The van der Waals surface area contributed by atoms with E-state index in [0.717, 1.165) is 34.0 Å². The third kappa shape index (κ3) is 4.39. The molecule has 0 spiro atoms. The van der Waals surface area contributed by atoms with Crippen LogP contribution in [-0.2, 0) is 5.41 Å². The molecule has 5 aliphatic rings. The van der Waals surface area contributed by atoms with E-state index in [1.807, 2.05) is 0 Å². The van der Waals surface area contributed by atoms with Crippen LogP contribution in [0.1, 0.15) is 28.7 Å². The monoisotopic (exact) mass is 679 g/mol. The molecule has 0 fully saturated rings. The Kier molecular flexibility index (Phi) is 6.76. The fourth-order valence-corrected chi connectivity index (χ4v) is 9.92. The van der Waals surface area contributed by atoms with Crippen LogP contribution in [0, 0.1) is 11.8 Å². The van der Waals surface area contributed by atoms with Gasteiger partial charge in [0.05, 0.1) is 17.1 Å². The van der Waals surface area contributed by atoms with Crippen LogP contribution in [0.3, 0.4) is 0 Å². The lowest BCUT2D eigenvalue weighted by Gasteiger charge is -2.43. The fraction of sp³-hybridized carbons (Fsp3) is 0.0980. The van der Waals surface area contributed by atoms with Crippen molar-refractivity contribution in [1.82, 2.24) is 0 Å². The lowest BCUT2D eigenvalue weighted by atomic mass is 9.65. The molecule has 0 saturated heterocycles. The van der Waals surface area contributed by atoms with Crippen LogP contribution >= 0.6 is 0 Å². The highest BCUT2D eigenvalue weighted by atomic mass is 16.3. The number of benzene rings is 5. The Labute approximate surface area is 310 Å². The molecule has 1 aromatic heterocycles. The molecule has 5 aromatic carbocycles. The van der Waals surface area contributed by atoms with Crippen LogP contribution in [-0.4, -0.2) is 6.04 Å². The number of hydrogen-bond donors (Lipinski definition) is 0. The van der Waals surface area contributed by atoms with Crippen molar-refractivity contribution in [2.75, 3.05) is 4.90 Å². The van der Waals surface area contributed by atoms with Gasteiger partial charge in [-0.2, -0.15) is 0 Å². The van der Waals surface area contributed by atoms with Gasteiger partial charge >= 0.3 is 0 Å². The maximum Gasteiger partial charge on any atom is 0.159 e. The van der Waals surface area contributed by atoms with E-state index in [4.69, 9.17) is 4.42 Å². The molecule has 0 saturated carbocycles. The van der Waals surface area contributed by atoms with E-state index in [2.05, 4.69) is 199 Å². The average Bonchev–Trinajstić information content (AvgIpc) is 3.76. The van der Waals surface area contributed by atoms with Gasteiger partial charge in [-0.1, -0.05) is 176 Å². The molecule has 1 heterocycles. The first-order valence-corrected chi connectivity index (χ1v) is 18.8.